The Morgan fingerprint density at radius 1 is 1.08 bits per heavy atom. The van der Waals surface area contributed by atoms with Crippen molar-refractivity contribution in [2.75, 3.05) is 19.0 Å². The maximum absolute atomic E-state index is 12.8. The van der Waals surface area contributed by atoms with E-state index < -0.39 is 0 Å². The summed E-state index contributed by atoms with van der Waals surface area (Å²) in [6, 6.07) is 8.22. The van der Waals surface area contributed by atoms with Crippen molar-refractivity contribution < 1.29 is 0 Å². The molecular formula is C19H22N4O. The number of nitrogens with zero attached hydrogens (tertiary/aromatic N) is 4. The fraction of sp³-hybridized carbons (Fsp3) is 0.316. The zero-order valence-electron chi connectivity index (χ0n) is 14.8. The molecule has 5 heteroatoms. The van der Waals surface area contributed by atoms with Crippen LogP contribution in [0, 0.1) is 13.8 Å². The van der Waals surface area contributed by atoms with Crippen LogP contribution in [0.1, 0.15) is 22.3 Å². The molecule has 3 rings (SSSR count). The lowest BCUT2D eigenvalue weighted by Gasteiger charge is -2.06. The van der Waals surface area contributed by atoms with E-state index in [0.29, 0.717) is 23.6 Å². The predicted molar refractivity (Wildman–Crippen MR) is 96.9 cm³/mol. The van der Waals surface area contributed by atoms with Crippen molar-refractivity contribution in [3.05, 3.63) is 63.1 Å². The van der Waals surface area contributed by atoms with Crippen LogP contribution in [-0.2, 0) is 13.5 Å². The predicted octanol–water partition coefficient (Wildman–Crippen LogP) is 2.55. The minimum atomic E-state index is -0.0330. The molecule has 0 atom stereocenters. The topological polar surface area (TPSA) is 51.0 Å². The van der Waals surface area contributed by atoms with E-state index in [-0.39, 0.29) is 5.56 Å². The molecule has 0 saturated heterocycles. The molecule has 1 aromatic rings. The Hall–Kier alpha value is -2.69. The standard InChI is InChI=1S/C19H22N4O/c1-12-8-13(2)10-14(9-12)11-15-17-16(6-7-23(5)18(15)24)20-19(21-17)22(3)4/h6-10H,11H2,1-5H3. The Morgan fingerprint density at radius 2 is 1.75 bits per heavy atom. The lowest BCUT2D eigenvalue weighted by molar-refractivity contribution is 0.852. The molecule has 0 aliphatic carbocycles. The number of hydrogen-bond acceptors (Lipinski definition) is 4. The molecule has 24 heavy (non-hydrogen) atoms. The summed E-state index contributed by atoms with van der Waals surface area (Å²) in [6.45, 7) is 4.14. The van der Waals surface area contributed by atoms with Crippen molar-refractivity contribution in [1.82, 2.24) is 14.5 Å². The van der Waals surface area contributed by atoms with Crippen LogP contribution in [0.5, 0.6) is 0 Å². The highest BCUT2D eigenvalue weighted by Crippen LogP contribution is 2.25. The number of aryl methyl sites for hydroxylation is 3. The molecule has 2 heterocycles. The van der Waals surface area contributed by atoms with Gasteiger partial charge in [-0.1, -0.05) is 29.3 Å². The van der Waals surface area contributed by atoms with Gasteiger partial charge in [0.2, 0.25) is 5.95 Å². The molecule has 0 aromatic heterocycles. The van der Waals surface area contributed by atoms with E-state index in [0.717, 1.165) is 11.3 Å². The van der Waals surface area contributed by atoms with Gasteiger partial charge in [-0.2, -0.15) is 0 Å². The molecule has 0 saturated carbocycles. The zero-order valence-corrected chi connectivity index (χ0v) is 14.8. The SMILES string of the molecule is Cc1cc(C)cc(Cc2c3nc(N(C)C)nc-3ccn(C)c2=O)c1. The van der Waals surface area contributed by atoms with Crippen LogP contribution in [-0.4, -0.2) is 28.6 Å². The monoisotopic (exact) mass is 322 g/mol. The molecule has 0 N–H and O–H groups in total. The van der Waals surface area contributed by atoms with Crippen molar-refractivity contribution in [3.8, 4) is 11.4 Å². The quantitative estimate of drug-likeness (QED) is 0.743. The van der Waals surface area contributed by atoms with Gasteiger partial charge in [0.1, 0.15) is 5.69 Å². The minimum absolute atomic E-state index is 0.0330. The lowest BCUT2D eigenvalue weighted by atomic mass is 10.00. The fourth-order valence-electron chi connectivity index (χ4n) is 2.98. The fourth-order valence-corrected chi connectivity index (χ4v) is 2.98. The van der Waals surface area contributed by atoms with Gasteiger partial charge >= 0.3 is 0 Å². The van der Waals surface area contributed by atoms with Crippen molar-refractivity contribution in [1.29, 1.82) is 0 Å². The first kappa shape index (κ1) is 16.2. The first-order valence-electron chi connectivity index (χ1n) is 7.96. The second-order valence-corrected chi connectivity index (χ2v) is 6.53. The third kappa shape index (κ3) is 3.02. The summed E-state index contributed by atoms with van der Waals surface area (Å²) in [6.07, 6.45) is 2.30. The Balaban J connectivity index is 2.20. The van der Waals surface area contributed by atoms with Gasteiger partial charge in [0, 0.05) is 39.3 Å². The van der Waals surface area contributed by atoms with E-state index >= 15 is 0 Å². The molecule has 5 nitrogen and oxygen atoms in total. The van der Waals surface area contributed by atoms with E-state index in [1.807, 2.05) is 25.1 Å². The molecule has 0 radical (unpaired) electrons. The van der Waals surface area contributed by atoms with E-state index in [4.69, 9.17) is 0 Å². The number of aromatic nitrogens is 3. The van der Waals surface area contributed by atoms with Gasteiger partial charge in [-0.05, 0) is 25.5 Å². The van der Waals surface area contributed by atoms with Gasteiger partial charge in [0.05, 0.1) is 5.69 Å². The van der Waals surface area contributed by atoms with Gasteiger partial charge in [0.25, 0.3) is 5.56 Å². The molecule has 124 valence electrons. The number of hydrogen-bond donors (Lipinski definition) is 0. The smallest absolute Gasteiger partial charge is 0.256 e. The van der Waals surface area contributed by atoms with E-state index in [2.05, 4.69) is 42.0 Å². The lowest BCUT2D eigenvalue weighted by Crippen LogP contribution is -2.19. The molecule has 0 spiro atoms. The molecule has 0 unspecified atom stereocenters. The average Bonchev–Trinajstić information content (AvgIpc) is 2.89. The van der Waals surface area contributed by atoms with Crippen molar-refractivity contribution in [2.45, 2.75) is 20.3 Å². The maximum atomic E-state index is 12.8. The Kier molecular flexibility index (Phi) is 4.09. The van der Waals surface area contributed by atoms with Crippen molar-refractivity contribution in [2.24, 2.45) is 7.05 Å². The molecule has 1 aromatic carbocycles. The molecule has 0 amide bonds. The van der Waals surface area contributed by atoms with E-state index in [1.165, 1.54) is 11.1 Å². The van der Waals surface area contributed by atoms with Gasteiger partial charge in [-0.25, -0.2) is 9.97 Å². The van der Waals surface area contributed by atoms with Crippen LogP contribution in [0.15, 0.2) is 35.3 Å². The third-order valence-electron chi connectivity index (χ3n) is 4.06. The van der Waals surface area contributed by atoms with E-state index in [9.17, 15) is 4.79 Å². The van der Waals surface area contributed by atoms with Crippen LogP contribution in [0.25, 0.3) is 11.4 Å². The molecule has 0 fully saturated rings. The summed E-state index contributed by atoms with van der Waals surface area (Å²) in [5.74, 6) is 0.625. The Bertz CT molecular complexity index is 907. The first-order chi connectivity index (χ1) is 11.3. The second-order valence-electron chi connectivity index (χ2n) is 6.53. The highest BCUT2D eigenvalue weighted by molar-refractivity contribution is 5.64. The third-order valence-corrected chi connectivity index (χ3v) is 4.06. The van der Waals surface area contributed by atoms with Gasteiger partial charge in [-0.15, -0.1) is 0 Å². The molecule has 2 aliphatic heterocycles. The average molecular weight is 322 g/mol. The maximum Gasteiger partial charge on any atom is 0.256 e. The summed E-state index contributed by atoms with van der Waals surface area (Å²) >= 11 is 0. The number of rotatable bonds is 3. The zero-order chi connectivity index (χ0) is 17.4. The summed E-state index contributed by atoms with van der Waals surface area (Å²) in [5.41, 5.74) is 5.59. The van der Waals surface area contributed by atoms with Crippen LogP contribution in [0.3, 0.4) is 0 Å². The van der Waals surface area contributed by atoms with Gasteiger partial charge in [0.15, 0.2) is 0 Å². The number of benzene rings is 1. The van der Waals surface area contributed by atoms with E-state index in [1.54, 1.807) is 17.8 Å². The summed E-state index contributed by atoms with van der Waals surface area (Å²) in [4.78, 5) is 23.8. The summed E-state index contributed by atoms with van der Waals surface area (Å²) in [5, 5.41) is 0. The van der Waals surface area contributed by atoms with Crippen molar-refractivity contribution in [3.63, 3.8) is 0 Å². The Labute approximate surface area is 142 Å². The van der Waals surface area contributed by atoms with Gasteiger partial charge < -0.3 is 9.47 Å². The second kappa shape index (κ2) is 6.07. The first-order valence-corrected chi connectivity index (χ1v) is 7.96. The normalized spacial score (nSPS) is 11.0. The van der Waals surface area contributed by atoms with Gasteiger partial charge in [-0.3, -0.25) is 4.79 Å². The van der Waals surface area contributed by atoms with Crippen LogP contribution in [0.2, 0.25) is 0 Å². The molecule has 2 aliphatic rings. The molecule has 0 bridgehead atoms. The Morgan fingerprint density at radius 3 is 2.38 bits per heavy atom. The number of fused-ring (bicyclic) bond motifs is 1. The highest BCUT2D eigenvalue weighted by Gasteiger charge is 2.19. The highest BCUT2D eigenvalue weighted by atomic mass is 16.1. The van der Waals surface area contributed by atoms with Crippen LogP contribution < -0.4 is 10.5 Å². The number of imidazole rings is 1. The number of anilines is 1. The van der Waals surface area contributed by atoms with Crippen LogP contribution >= 0.6 is 0 Å². The summed E-state index contributed by atoms with van der Waals surface area (Å²) < 4.78 is 1.59. The minimum Gasteiger partial charge on any atom is -0.347 e. The molecular weight excluding hydrogens is 300 g/mol. The summed E-state index contributed by atoms with van der Waals surface area (Å²) in [7, 11) is 5.56. The largest absolute Gasteiger partial charge is 0.347 e. The van der Waals surface area contributed by atoms with Crippen molar-refractivity contribution >= 4 is 5.95 Å². The van der Waals surface area contributed by atoms with Crippen LogP contribution in [0.4, 0.5) is 5.95 Å².